The molecule has 4 nitrogen and oxygen atoms in total. The molecule has 0 fully saturated rings. The molecule has 0 aliphatic heterocycles. The Morgan fingerprint density at radius 1 is 1.47 bits per heavy atom. The quantitative estimate of drug-likeness (QED) is 0.726. The van der Waals surface area contributed by atoms with E-state index in [1.165, 1.54) is 5.56 Å². The second-order valence-corrected chi connectivity index (χ2v) is 4.23. The van der Waals surface area contributed by atoms with Crippen molar-refractivity contribution < 1.29 is 9.90 Å². The molecule has 0 saturated carbocycles. The number of carbonyl (C=O) groups excluding carboxylic acids is 1. The van der Waals surface area contributed by atoms with Crippen LogP contribution in [0.4, 0.5) is 4.79 Å². The maximum Gasteiger partial charge on any atom is 0.315 e. The zero-order valence-corrected chi connectivity index (χ0v) is 10.4. The molecule has 1 atom stereocenters. The second-order valence-electron chi connectivity index (χ2n) is 4.23. The van der Waals surface area contributed by atoms with Gasteiger partial charge in [-0.25, -0.2) is 4.79 Å². The van der Waals surface area contributed by atoms with Crippen LogP contribution >= 0.6 is 0 Å². The predicted octanol–water partition coefficient (Wildman–Crippen LogP) is 1.57. The number of aryl methyl sites for hydroxylation is 1. The number of carbonyl (C=O) groups is 1. The van der Waals surface area contributed by atoms with Gasteiger partial charge in [0.15, 0.2) is 0 Å². The fourth-order valence-corrected chi connectivity index (χ4v) is 1.55. The van der Waals surface area contributed by atoms with Gasteiger partial charge < -0.3 is 15.7 Å². The minimum atomic E-state index is -0.201. The van der Waals surface area contributed by atoms with Gasteiger partial charge in [-0.15, -0.1) is 0 Å². The molecule has 0 aromatic heterocycles. The fourth-order valence-electron chi connectivity index (χ4n) is 1.55. The molecule has 3 N–H and O–H groups in total. The molecule has 0 bridgehead atoms. The Kier molecular flexibility index (Phi) is 5.49. The Bertz CT molecular complexity index is 366. The first-order chi connectivity index (χ1) is 8.11. The molecule has 0 spiro atoms. The molecule has 0 heterocycles. The highest BCUT2D eigenvalue weighted by Crippen LogP contribution is 2.03. The Balaban J connectivity index is 2.33. The molecular formula is C13H20N2O2. The van der Waals surface area contributed by atoms with E-state index in [-0.39, 0.29) is 18.7 Å². The Morgan fingerprint density at radius 3 is 2.88 bits per heavy atom. The van der Waals surface area contributed by atoms with Crippen molar-refractivity contribution in [2.24, 2.45) is 0 Å². The molecule has 94 valence electrons. The van der Waals surface area contributed by atoms with Crippen molar-refractivity contribution in [3.63, 3.8) is 0 Å². The van der Waals surface area contributed by atoms with Crippen molar-refractivity contribution in [3.8, 4) is 0 Å². The topological polar surface area (TPSA) is 61.4 Å². The summed E-state index contributed by atoms with van der Waals surface area (Å²) in [4.78, 5) is 11.5. The maximum absolute atomic E-state index is 11.5. The van der Waals surface area contributed by atoms with Gasteiger partial charge in [-0.1, -0.05) is 29.8 Å². The number of aliphatic hydroxyl groups excluding tert-OH is 1. The molecule has 0 unspecified atom stereocenters. The number of rotatable bonds is 5. The van der Waals surface area contributed by atoms with E-state index in [4.69, 9.17) is 5.11 Å². The highest BCUT2D eigenvalue weighted by molar-refractivity contribution is 5.74. The average molecular weight is 236 g/mol. The van der Waals surface area contributed by atoms with Crippen LogP contribution in [0.15, 0.2) is 24.3 Å². The molecule has 0 saturated heterocycles. The summed E-state index contributed by atoms with van der Waals surface area (Å²) in [6.07, 6.45) is 0.567. The molecule has 1 aromatic rings. The van der Waals surface area contributed by atoms with Gasteiger partial charge in [-0.3, -0.25) is 0 Å². The van der Waals surface area contributed by atoms with Crippen LogP contribution in [0.25, 0.3) is 0 Å². The van der Waals surface area contributed by atoms with Crippen molar-refractivity contribution >= 4 is 6.03 Å². The van der Waals surface area contributed by atoms with Crippen LogP contribution in [-0.4, -0.2) is 23.8 Å². The van der Waals surface area contributed by atoms with Crippen LogP contribution in [0, 0.1) is 6.92 Å². The molecule has 1 rings (SSSR count). The molecule has 0 aliphatic carbocycles. The van der Waals surface area contributed by atoms with Crippen molar-refractivity contribution in [2.75, 3.05) is 6.61 Å². The summed E-state index contributed by atoms with van der Waals surface area (Å²) in [6, 6.07) is 7.79. The number of nitrogens with one attached hydrogen (secondary N) is 2. The van der Waals surface area contributed by atoms with Crippen molar-refractivity contribution in [2.45, 2.75) is 32.9 Å². The molecule has 17 heavy (non-hydrogen) atoms. The van der Waals surface area contributed by atoms with Crippen molar-refractivity contribution in [1.82, 2.24) is 10.6 Å². The van der Waals surface area contributed by atoms with Crippen LogP contribution in [0.5, 0.6) is 0 Å². The third-order valence-corrected chi connectivity index (χ3v) is 2.48. The minimum Gasteiger partial charge on any atom is -0.396 e. The van der Waals surface area contributed by atoms with E-state index in [0.29, 0.717) is 13.0 Å². The standard InChI is InChI=1S/C13H20N2O2/c1-10-4-3-5-12(8-10)9-14-13(17)15-11(2)6-7-16/h3-5,8,11,16H,6-7,9H2,1-2H3,(H2,14,15,17)/t11-/m1/s1. The second kappa shape index (κ2) is 6.91. The first-order valence-corrected chi connectivity index (χ1v) is 5.82. The van der Waals surface area contributed by atoms with Crippen LogP contribution in [0.1, 0.15) is 24.5 Å². The van der Waals surface area contributed by atoms with Crippen LogP contribution < -0.4 is 10.6 Å². The normalized spacial score (nSPS) is 11.9. The summed E-state index contributed by atoms with van der Waals surface area (Å²) in [7, 11) is 0. The first kappa shape index (κ1) is 13.5. The molecule has 0 aliphatic rings. The van der Waals surface area contributed by atoms with E-state index in [1.807, 2.05) is 38.1 Å². The Labute approximate surface area is 102 Å². The highest BCUT2D eigenvalue weighted by Gasteiger charge is 2.05. The summed E-state index contributed by atoms with van der Waals surface area (Å²) in [5.74, 6) is 0. The van der Waals surface area contributed by atoms with Gasteiger partial charge >= 0.3 is 6.03 Å². The molecular weight excluding hydrogens is 216 g/mol. The summed E-state index contributed by atoms with van der Waals surface area (Å²) in [5.41, 5.74) is 2.26. The summed E-state index contributed by atoms with van der Waals surface area (Å²) in [5, 5.41) is 14.3. The van der Waals surface area contributed by atoms with E-state index in [1.54, 1.807) is 0 Å². The number of hydrogen-bond acceptors (Lipinski definition) is 2. The average Bonchev–Trinajstić information content (AvgIpc) is 2.27. The van der Waals surface area contributed by atoms with Gasteiger partial charge in [0.25, 0.3) is 0 Å². The van der Waals surface area contributed by atoms with Gasteiger partial charge in [0.1, 0.15) is 0 Å². The van der Waals surface area contributed by atoms with Gasteiger partial charge in [0.2, 0.25) is 0 Å². The van der Waals surface area contributed by atoms with Crippen LogP contribution in [0.2, 0.25) is 0 Å². The SMILES string of the molecule is Cc1cccc(CNC(=O)N[C@H](C)CCO)c1. The van der Waals surface area contributed by atoms with Gasteiger partial charge in [-0.05, 0) is 25.8 Å². The van der Waals surface area contributed by atoms with Gasteiger partial charge in [0, 0.05) is 19.2 Å². The van der Waals surface area contributed by atoms with Gasteiger partial charge in [-0.2, -0.15) is 0 Å². The summed E-state index contributed by atoms with van der Waals surface area (Å²) >= 11 is 0. The lowest BCUT2D eigenvalue weighted by Gasteiger charge is -2.13. The van der Waals surface area contributed by atoms with E-state index >= 15 is 0 Å². The molecule has 1 aromatic carbocycles. The zero-order valence-electron chi connectivity index (χ0n) is 10.4. The minimum absolute atomic E-state index is 0.0162. The Morgan fingerprint density at radius 2 is 2.24 bits per heavy atom. The number of aliphatic hydroxyl groups is 1. The Hall–Kier alpha value is -1.55. The van der Waals surface area contributed by atoms with E-state index in [2.05, 4.69) is 10.6 Å². The van der Waals surface area contributed by atoms with E-state index < -0.39 is 0 Å². The first-order valence-electron chi connectivity index (χ1n) is 5.82. The van der Waals surface area contributed by atoms with E-state index in [9.17, 15) is 4.79 Å². The lowest BCUT2D eigenvalue weighted by molar-refractivity contribution is 0.230. The number of benzene rings is 1. The molecule has 0 radical (unpaired) electrons. The third-order valence-electron chi connectivity index (χ3n) is 2.48. The van der Waals surface area contributed by atoms with Crippen molar-refractivity contribution in [1.29, 1.82) is 0 Å². The van der Waals surface area contributed by atoms with Crippen molar-refractivity contribution in [3.05, 3.63) is 35.4 Å². The zero-order chi connectivity index (χ0) is 12.7. The number of hydrogen-bond donors (Lipinski definition) is 3. The largest absolute Gasteiger partial charge is 0.396 e. The summed E-state index contributed by atoms with van der Waals surface area (Å²) in [6.45, 7) is 4.48. The third kappa shape index (κ3) is 5.36. The smallest absolute Gasteiger partial charge is 0.315 e. The molecule has 2 amide bonds. The van der Waals surface area contributed by atoms with Crippen LogP contribution in [0.3, 0.4) is 0 Å². The highest BCUT2D eigenvalue weighted by atomic mass is 16.3. The summed E-state index contributed by atoms with van der Waals surface area (Å²) < 4.78 is 0. The number of amides is 2. The van der Waals surface area contributed by atoms with Crippen LogP contribution in [-0.2, 0) is 6.54 Å². The predicted molar refractivity (Wildman–Crippen MR) is 67.7 cm³/mol. The van der Waals surface area contributed by atoms with E-state index in [0.717, 1.165) is 5.56 Å². The van der Waals surface area contributed by atoms with Gasteiger partial charge in [0.05, 0.1) is 0 Å². The lowest BCUT2D eigenvalue weighted by Crippen LogP contribution is -2.40. The monoisotopic (exact) mass is 236 g/mol. The fraction of sp³-hybridized carbons (Fsp3) is 0.462. The maximum atomic E-state index is 11.5. The lowest BCUT2D eigenvalue weighted by atomic mass is 10.1. The molecule has 4 heteroatoms. The number of urea groups is 1.